The van der Waals surface area contributed by atoms with E-state index in [1.807, 2.05) is 37.3 Å². The summed E-state index contributed by atoms with van der Waals surface area (Å²) in [4.78, 5) is 28.6. The van der Waals surface area contributed by atoms with E-state index in [4.69, 9.17) is 9.47 Å². The first-order chi connectivity index (χ1) is 15.2. The van der Waals surface area contributed by atoms with Crippen molar-refractivity contribution < 1.29 is 9.47 Å². The number of hydrogen-bond donors (Lipinski definition) is 1. The lowest BCUT2D eigenvalue weighted by Crippen LogP contribution is -2.15. The summed E-state index contributed by atoms with van der Waals surface area (Å²) in [6.07, 6.45) is 6.85. The summed E-state index contributed by atoms with van der Waals surface area (Å²) in [6, 6.07) is 11.2. The molecule has 0 saturated carbocycles. The average Bonchev–Trinajstić information content (AvgIpc) is 3.15. The summed E-state index contributed by atoms with van der Waals surface area (Å²) in [5.41, 5.74) is 3.96. The van der Waals surface area contributed by atoms with Crippen molar-refractivity contribution in [3.8, 4) is 28.3 Å². The zero-order valence-electron chi connectivity index (χ0n) is 17.0. The molecule has 0 spiro atoms. The fourth-order valence-electron chi connectivity index (χ4n) is 3.77. The van der Waals surface area contributed by atoms with Crippen LogP contribution in [0.2, 0.25) is 0 Å². The van der Waals surface area contributed by atoms with Crippen LogP contribution in [-0.4, -0.2) is 38.2 Å². The van der Waals surface area contributed by atoms with Crippen LogP contribution in [0.15, 0.2) is 66.0 Å². The summed E-state index contributed by atoms with van der Waals surface area (Å²) in [7, 11) is 1.63. The van der Waals surface area contributed by atoms with E-state index in [-0.39, 0.29) is 5.69 Å². The average molecular weight is 413 g/mol. The third-order valence-electron chi connectivity index (χ3n) is 5.09. The molecule has 0 aliphatic carbocycles. The highest BCUT2D eigenvalue weighted by Crippen LogP contribution is 2.36. The molecule has 4 aromatic heterocycles. The smallest absolute Gasteiger partial charge is 0.332 e. The second-order valence-electron chi connectivity index (χ2n) is 6.85. The van der Waals surface area contributed by atoms with Crippen LogP contribution in [0.3, 0.4) is 0 Å². The van der Waals surface area contributed by atoms with Crippen molar-refractivity contribution in [2.45, 2.75) is 6.92 Å². The Morgan fingerprint density at radius 3 is 2.68 bits per heavy atom. The number of nitrogens with zero attached hydrogens (tertiary/aromatic N) is 4. The highest BCUT2D eigenvalue weighted by atomic mass is 16.5. The molecule has 0 bridgehead atoms. The van der Waals surface area contributed by atoms with Gasteiger partial charge in [-0.2, -0.15) is 0 Å². The van der Waals surface area contributed by atoms with Gasteiger partial charge in [-0.15, -0.1) is 0 Å². The molecular weight excluding hydrogens is 394 g/mol. The van der Waals surface area contributed by atoms with E-state index in [2.05, 4.69) is 19.9 Å². The molecule has 8 heteroatoms. The van der Waals surface area contributed by atoms with Gasteiger partial charge in [-0.25, -0.2) is 9.78 Å². The van der Waals surface area contributed by atoms with Crippen LogP contribution >= 0.6 is 0 Å². The molecule has 0 amide bonds. The van der Waals surface area contributed by atoms with Crippen molar-refractivity contribution in [3.63, 3.8) is 0 Å². The standard InChI is InChI=1S/C23H19N5O3/c1-3-31-19-8-11-25-22-20(19)28(23(29)27-22)15-4-5-18-16(12-15)21(30-2)17(13-26-18)14-6-9-24-10-7-14/h4-13H,3H2,1-2H3,(H,25,27,29). The molecule has 0 atom stereocenters. The van der Waals surface area contributed by atoms with Gasteiger partial charge >= 0.3 is 5.69 Å². The number of imidazole rings is 1. The van der Waals surface area contributed by atoms with E-state index in [9.17, 15) is 4.79 Å². The van der Waals surface area contributed by atoms with Gasteiger partial charge < -0.3 is 9.47 Å². The number of methoxy groups -OCH3 is 1. The fraction of sp³-hybridized carbons (Fsp3) is 0.130. The molecule has 0 saturated heterocycles. The predicted molar refractivity (Wildman–Crippen MR) is 118 cm³/mol. The van der Waals surface area contributed by atoms with Crippen LogP contribution in [-0.2, 0) is 0 Å². The van der Waals surface area contributed by atoms with Crippen LogP contribution in [0.1, 0.15) is 6.92 Å². The van der Waals surface area contributed by atoms with Crippen LogP contribution in [0, 0.1) is 0 Å². The maximum atomic E-state index is 12.8. The number of ether oxygens (including phenoxy) is 2. The molecule has 1 N–H and O–H groups in total. The van der Waals surface area contributed by atoms with E-state index in [0.29, 0.717) is 35.0 Å². The van der Waals surface area contributed by atoms with Crippen molar-refractivity contribution in [2.75, 3.05) is 13.7 Å². The summed E-state index contributed by atoms with van der Waals surface area (Å²) in [5, 5.41) is 0.789. The van der Waals surface area contributed by atoms with Gasteiger partial charge in [-0.05, 0) is 42.8 Å². The number of rotatable bonds is 5. The Morgan fingerprint density at radius 1 is 1.06 bits per heavy atom. The lowest BCUT2D eigenvalue weighted by molar-refractivity contribution is 0.343. The zero-order chi connectivity index (χ0) is 21.4. The van der Waals surface area contributed by atoms with Gasteiger partial charge in [-0.1, -0.05) is 0 Å². The Balaban J connectivity index is 1.78. The van der Waals surface area contributed by atoms with E-state index < -0.39 is 0 Å². The minimum Gasteiger partial charge on any atom is -0.495 e. The first kappa shape index (κ1) is 18.8. The highest BCUT2D eigenvalue weighted by molar-refractivity contribution is 5.94. The summed E-state index contributed by atoms with van der Waals surface area (Å²) < 4.78 is 13.1. The van der Waals surface area contributed by atoms with Gasteiger partial charge in [0.15, 0.2) is 5.65 Å². The highest BCUT2D eigenvalue weighted by Gasteiger charge is 2.17. The Hall–Kier alpha value is -4.20. The monoisotopic (exact) mass is 413 g/mol. The number of aromatic nitrogens is 5. The molecule has 1 aromatic carbocycles. The normalized spacial score (nSPS) is 11.2. The van der Waals surface area contributed by atoms with Crippen molar-refractivity contribution in [1.82, 2.24) is 24.5 Å². The zero-order valence-corrected chi connectivity index (χ0v) is 17.0. The van der Waals surface area contributed by atoms with Gasteiger partial charge in [-0.3, -0.25) is 19.5 Å². The third-order valence-corrected chi connectivity index (χ3v) is 5.09. The summed E-state index contributed by atoms with van der Waals surface area (Å²) in [6.45, 7) is 2.37. The molecule has 0 unspecified atom stereocenters. The first-order valence-electron chi connectivity index (χ1n) is 9.81. The number of fused-ring (bicyclic) bond motifs is 2. The van der Waals surface area contributed by atoms with E-state index >= 15 is 0 Å². The fourth-order valence-corrected chi connectivity index (χ4v) is 3.77. The van der Waals surface area contributed by atoms with Gasteiger partial charge in [0.05, 0.1) is 24.9 Å². The molecule has 0 aliphatic rings. The Labute approximate surface area is 177 Å². The lowest BCUT2D eigenvalue weighted by Gasteiger charge is -2.13. The van der Waals surface area contributed by atoms with Crippen LogP contribution in [0.25, 0.3) is 38.9 Å². The molecule has 0 fully saturated rings. The molecular formula is C23H19N5O3. The second-order valence-corrected chi connectivity index (χ2v) is 6.85. The largest absolute Gasteiger partial charge is 0.495 e. The van der Waals surface area contributed by atoms with E-state index in [1.165, 1.54) is 0 Å². The van der Waals surface area contributed by atoms with Crippen molar-refractivity contribution in [1.29, 1.82) is 0 Å². The van der Waals surface area contributed by atoms with Crippen LogP contribution in [0.4, 0.5) is 0 Å². The lowest BCUT2D eigenvalue weighted by atomic mass is 10.0. The van der Waals surface area contributed by atoms with Crippen molar-refractivity contribution in [3.05, 3.63) is 71.7 Å². The Morgan fingerprint density at radius 2 is 1.90 bits per heavy atom. The molecule has 4 heterocycles. The van der Waals surface area contributed by atoms with Gasteiger partial charge in [0.1, 0.15) is 17.0 Å². The Bertz CT molecular complexity index is 1460. The minimum absolute atomic E-state index is 0.300. The number of aromatic amines is 1. The van der Waals surface area contributed by atoms with Crippen LogP contribution < -0.4 is 15.2 Å². The maximum absolute atomic E-state index is 12.8. The van der Waals surface area contributed by atoms with Crippen molar-refractivity contribution in [2.24, 2.45) is 0 Å². The van der Waals surface area contributed by atoms with E-state index in [1.54, 1.807) is 42.5 Å². The number of hydrogen-bond acceptors (Lipinski definition) is 6. The number of pyridine rings is 3. The first-order valence-corrected chi connectivity index (χ1v) is 9.81. The summed E-state index contributed by atoms with van der Waals surface area (Å²) in [5.74, 6) is 1.26. The quantitative estimate of drug-likeness (QED) is 0.472. The predicted octanol–water partition coefficient (Wildman–Crippen LogP) is 3.73. The molecule has 5 rings (SSSR count). The van der Waals surface area contributed by atoms with Crippen molar-refractivity contribution >= 4 is 22.1 Å². The molecule has 0 aliphatic heterocycles. The molecule has 8 nitrogen and oxygen atoms in total. The second kappa shape index (κ2) is 7.56. The molecule has 0 radical (unpaired) electrons. The molecule has 31 heavy (non-hydrogen) atoms. The number of nitrogens with one attached hydrogen (secondary N) is 1. The minimum atomic E-state index is -0.300. The van der Waals surface area contributed by atoms with Gasteiger partial charge in [0.2, 0.25) is 0 Å². The number of H-pyrrole nitrogens is 1. The summed E-state index contributed by atoms with van der Waals surface area (Å²) >= 11 is 0. The van der Waals surface area contributed by atoms with Gasteiger partial charge in [0, 0.05) is 41.8 Å². The topological polar surface area (TPSA) is 94.9 Å². The number of benzene rings is 1. The molecule has 5 aromatic rings. The Kier molecular flexibility index (Phi) is 4.59. The SMILES string of the molecule is CCOc1ccnc2[nH]c(=O)n(-c3ccc4ncc(-c5ccncc5)c(OC)c4c3)c12. The third kappa shape index (κ3) is 3.09. The maximum Gasteiger partial charge on any atom is 0.332 e. The molecule has 154 valence electrons. The van der Waals surface area contributed by atoms with Gasteiger partial charge in [0.25, 0.3) is 0 Å². The van der Waals surface area contributed by atoms with Crippen LogP contribution in [0.5, 0.6) is 11.5 Å². The van der Waals surface area contributed by atoms with E-state index in [0.717, 1.165) is 22.0 Å².